The molecule has 0 unspecified atom stereocenters. The Morgan fingerprint density at radius 3 is 2.78 bits per heavy atom. The molecule has 0 saturated carbocycles. The van der Waals surface area contributed by atoms with Gasteiger partial charge in [-0.3, -0.25) is 4.79 Å². The zero-order valence-electron chi connectivity index (χ0n) is 13.3. The molecule has 0 aliphatic carbocycles. The molecule has 0 aliphatic heterocycles. The van der Waals surface area contributed by atoms with Crippen molar-refractivity contribution in [3.8, 4) is 10.6 Å². The predicted molar refractivity (Wildman–Crippen MR) is 96.6 cm³/mol. The number of methoxy groups -OCH3 is 1. The lowest BCUT2D eigenvalue weighted by Crippen LogP contribution is -2.33. The van der Waals surface area contributed by atoms with Gasteiger partial charge in [-0.1, -0.05) is 24.3 Å². The lowest BCUT2D eigenvalue weighted by Gasteiger charge is -2.05. The SMILES string of the molecule is COCCNCCNC(=O)c1csc(-c2ccccc2C)n1.Cl. The summed E-state index contributed by atoms with van der Waals surface area (Å²) in [7, 11) is 1.66. The number of thiazole rings is 1. The third-order valence-electron chi connectivity index (χ3n) is 3.18. The van der Waals surface area contributed by atoms with Crippen LogP contribution in [0.3, 0.4) is 0 Å². The first-order valence-electron chi connectivity index (χ1n) is 7.21. The Bertz CT molecular complexity index is 619. The summed E-state index contributed by atoms with van der Waals surface area (Å²) in [5, 5.41) is 8.71. The van der Waals surface area contributed by atoms with Gasteiger partial charge in [-0.05, 0) is 12.5 Å². The second-order valence-electron chi connectivity index (χ2n) is 4.85. The van der Waals surface area contributed by atoms with E-state index in [4.69, 9.17) is 4.74 Å². The van der Waals surface area contributed by atoms with E-state index in [9.17, 15) is 4.79 Å². The van der Waals surface area contributed by atoms with Gasteiger partial charge in [-0.15, -0.1) is 23.7 Å². The van der Waals surface area contributed by atoms with Crippen LogP contribution in [0.5, 0.6) is 0 Å². The maximum Gasteiger partial charge on any atom is 0.270 e. The Balaban J connectivity index is 0.00000264. The summed E-state index contributed by atoms with van der Waals surface area (Å²) >= 11 is 1.49. The fourth-order valence-corrected chi connectivity index (χ4v) is 2.86. The molecular formula is C16H22ClN3O2S. The van der Waals surface area contributed by atoms with Crippen molar-refractivity contribution >= 4 is 29.7 Å². The molecule has 1 heterocycles. The smallest absolute Gasteiger partial charge is 0.270 e. The third-order valence-corrected chi connectivity index (χ3v) is 4.06. The lowest BCUT2D eigenvalue weighted by molar-refractivity contribution is 0.0949. The second-order valence-corrected chi connectivity index (χ2v) is 5.71. The van der Waals surface area contributed by atoms with E-state index in [1.807, 2.05) is 31.2 Å². The van der Waals surface area contributed by atoms with Gasteiger partial charge < -0.3 is 15.4 Å². The standard InChI is InChI=1S/C16H21N3O2S.ClH/c1-12-5-3-4-6-13(12)16-19-14(11-22-16)15(20)18-8-7-17-9-10-21-2;/h3-6,11,17H,7-10H2,1-2H3,(H,18,20);1H. The molecule has 7 heteroatoms. The molecule has 0 atom stereocenters. The molecule has 0 fully saturated rings. The van der Waals surface area contributed by atoms with E-state index in [1.54, 1.807) is 12.5 Å². The van der Waals surface area contributed by atoms with Crippen LogP contribution in [-0.4, -0.2) is 44.2 Å². The van der Waals surface area contributed by atoms with Crippen LogP contribution < -0.4 is 10.6 Å². The van der Waals surface area contributed by atoms with Crippen molar-refractivity contribution < 1.29 is 9.53 Å². The number of hydrogen-bond donors (Lipinski definition) is 2. The van der Waals surface area contributed by atoms with E-state index in [2.05, 4.69) is 15.6 Å². The summed E-state index contributed by atoms with van der Waals surface area (Å²) in [4.78, 5) is 16.5. The highest BCUT2D eigenvalue weighted by molar-refractivity contribution is 7.13. The van der Waals surface area contributed by atoms with Gasteiger partial charge in [0.05, 0.1) is 6.61 Å². The molecule has 2 N–H and O–H groups in total. The van der Waals surface area contributed by atoms with Crippen LogP contribution in [0.25, 0.3) is 10.6 Å². The number of hydrogen-bond acceptors (Lipinski definition) is 5. The van der Waals surface area contributed by atoms with Crippen molar-refractivity contribution in [2.24, 2.45) is 0 Å². The number of amides is 1. The van der Waals surface area contributed by atoms with Gasteiger partial charge >= 0.3 is 0 Å². The Morgan fingerprint density at radius 1 is 1.26 bits per heavy atom. The fraction of sp³-hybridized carbons (Fsp3) is 0.375. The van der Waals surface area contributed by atoms with Crippen LogP contribution >= 0.6 is 23.7 Å². The zero-order valence-corrected chi connectivity index (χ0v) is 14.9. The Kier molecular flexibility index (Phi) is 8.79. The molecule has 0 saturated heterocycles. The van der Waals surface area contributed by atoms with Crippen molar-refractivity contribution in [1.29, 1.82) is 0 Å². The van der Waals surface area contributed by atoms with Gasteiger partial charge in [-0.25, -0.2) is 4.98 Å². The molecule has 2 rings (SSSR count). The molecule has 5 nitrogen and oxygen atoms in total. The Hall–Kier alpha value is -1.47. The first kappa shape index (κ1) is 19.6. The topological polar surface area (TPSA) is 63.2 Å². The minimum absolute atomic E-state index is 0. The number of nitrogens with one attached hydrogen (secondary N) is 2. The Morgan fingerprint density at radius 2 is 2.04 bits per heavy atom. The van der Waals surface area contributed by atoms with Crippen LogP contribution in [0.15, 0.2) is 29.6 Å². The number of ether oxygens (including phenoxy) is 1. The number of rotatable bonds is 8. The summed E-state index contributed by atoms with van der Waals surface area (Å²) in [6, 6.07) is 8.05. The first-order valence-corrected chi connectivity index (χ1v) is 8.09. The zero-order chi connectivity index (χ0) is 15.8. The number of carbonyl (C=O) groups is 1. The number of aryl methyl sites for hydroxylation is 1. The summed E-state index contributed by atoms with van der Waals surface area (Å²) in [5.41, 5.74) is 2.71. The Labute approximate surface area is 146 Å². The van der Waals surface area contributed by atoms with Crippen molar-refractivity contribution in [1.82, 2.24) is 15.6 Å². The van der Waals surface area contributed by atoms with E-state index in [0.29, 0.717) is 25.4 Å². The molecule has 1 aromatic heterocycles. The van der Waals surface area contributed by atoms with Crippen LogP contribution in [0, 0.1) is 6.92 Å². The molecule has 23 heavy (non-hydrogen) atoms. The highest BCUT2D eigenvalue weighted by Gasteiger charge is 2.12. The average molecular weight is 356 g/mol. The molecule has 1 amide bonds. The maximum absolute atomic E-state index is 12.0. The highest BCUT2D eigenvalue weighted by atomic mass is 35.5. The van der Waals surface area contributed by atoms with Gasteiger partial charge in [-0.2, -0.15) is 0 Å². The summed E-state index contributed by atoms with van der Waals surface area (Å²) < 4.78 is 4.93. The van der Waals surface area contributed by atoms with Crippen LogP contribution in [0.4, 0.5) is 0 Å². The van der Waals surface area contributed by atoms with E-state index in [0.717, 1.165) is 22.7 Å². The summed E-state index contributed by atoms with van der Waals surface area (Å²) in [6.07, 6.45) is 0. The number of nitrogens with zero attached hydrogens (tertiary/aromatic N) is 1. The molecule has 0 radical (unpaired) electrons. The van der Waals surface area contributed by atoms with Gasteiger partial charge in [0.1, 0.15) is 10.7 Å². The number of benzene rings is 1. The summed E-state index contributed by atoms with van der Waals surface area (Å²) in [6.45, 7) is 4.77. The van der Waals surface area contributed by atoms with Crippen molar-refractivity contribution in [2.45, 2.75) is 6.92 Å². The lowest BCUT2D eigenvalue weighted by atomic mass is 10.1. The monoisotopic (exact) mass is 355 g/mol. The molecule has 2 aromatic rings. The maximum atomic E-state index is 12.0. The minimum atomic E-state index is -0.135. The van der Waals surface area contributed by atoms with Crippen molar-refractivity contribution in [2.75, 3.05) is 33.4 Å². The molecule has 1 aromatic carbocycles. The van der Waals surface area contributed by atoms with Crippen LogP contribution in [0.1, 0.15) is 16.1 Å². The number of halogens is 1. The largest absolute Gasteiger partial charge is 0.383 e. The first-order chi connectivity index (χ1) is 10.7. The highest BCUT2D eigenvalue weighted by Crippen LogP contribution is 2.26. The third kappa shape index (κ3) is 5.91. The van der Waals surface area contributed by atoms with Crippen LogP contribution in [0.2, 0.25) is 0 Å². The second kappa shape index (κ2) is 10.3. The van der Waals surface area contributed by atoms with E-state index in [-0.39, 0.29) is 18.3 Å². The van der Waals surface area contributed by atoms with Crippen LogP contribution in [-0.2, 0) is 4.74 Å². The van der Waals surface area contributed by atoms with Gasteiger partial charge in [0.2, 0.25) is 0 Å². The van der Waals surface area contributed by atoms with E-state index in [1.165, 1.54) is 11.3 Å². The predicted octanol–water partition coefficient (Wildman–Crippen LogP) is 2.51. The molecular weight excluding hydrogens is 334 g/mol. The molecule has 126 valence electrons. The van der Waals surface area contributed by atoms with Gasteiger partial charge in [0.15, 0.2) is 0 Å². The quantitative estimate of drug-likeness (QED) is 0.714. The number of aromatic nitrogens is 1. The minimum Gasteiger partial charge on any atom is -0.383 e. The van der Waals surface area contributed by atoms with Gasteiger partial charge in [0, 0.05) is 37.7 Å². The molecule has 0 spiro atoms. The van der Waals surface area contributed by atoms with Crippen molar-refractivity contribution in [3.05, 3.63) is 40.9 Å². The van der Waals surface area contributed by atoms with E-state index >= 15 is 0 Å². The number of carbonyl (C=O) groups excluding carboxylic acids is 1. The normalized spacial score (nSPS) is 10.2. The molecule has 0 aliphatic rings. The summed E-state index contributed by atoms with van der Waals surface area (Å²) in [5.74, 6) is -0.135. The van der Waals surface area contributed by atoms with Crippen molar-refractivity contribution in [3.63, 3.8) is 0 Å². The average Bonchev–Trinajstić information content (AvgIpc) is 3.01. The van der Waals surface area contributed by atoms with Gasteiger partial charge in [0.25, 0.3) is 5.91 Å². The fourth-order valence-electron chi connectivity index (χ4n) is 1.97. The van der Waals surface area contributed by atoms with E-state index < -0.39 is 0 Å². The molecule has 0 bridgehead atoms.